The first-order chi connectivity index (χ1) is 8.88. The summed E-state index contributed by atoms with van der Waals surface area (Å²) in [5.41, 5.74) is 0.737. The van der Waals surface area contributed by atoms with Crippen molar-refractivity contribution in [1.82, 2.24) is 5.32 Å². The molecule has 1 N–H and O–H groups in total. The van der Waals surface area contributed by atoms with E-state index in [1.54, 1.807) is 18.2 Å². The topological polar surface area (TPSA) is 46.2 Å². The van der Waals surface area contributed by atoms with Crippen molar-refractivity contribution < 1.29 is 9.00 Å². The van der Waals surface area contributed by atoms with Crippen LogP contribution in [0.4, 0.5) is 0 Å². The molecule has 19 heavy (non-hydrogen) atoms. The average Bonchev–Trinajstić information content (AvgIpc) is 2.30. The second-order valence-corrected chi connectivity index (χ2v) is 6.96. The second kappa shape index (κ2) is 7.88. The number of hydrogen-bond donors (Lipinski definition) is 1. The summed E-state index contributed by atoms with van der Waals surface area (Å²) in [6.45, 7) is 4.60. The van der Waals surface area contributed by atoms with Gasteiger partial charge in [-0.15, -0.1) is 0 Å². The molecule has 1 rings (SSSR count). The summed E-state index contributed by atoms with van der Waals surface area (Å²) >= 11 is 11.8. The molecule has 3 nitrogen and oxygen atoms in total. The molecule has 1 aromatic rings. The minimum absolute atomic E-state index is 0.00826. The van der Waals surface area contributed by atoms with Crippen LogP contribution < -0.4 is 5.32 Å². The molecular formula is C13H17Cl2NO2S. The number of carbonyl (C=O) groups is 1. The molecule has 0 fully saturated rings. The van der Waals surface area contributed by atoms with Crippen molar-refractivity contribution in [2.24, 2.45) is 5.92 Å². The molecule has 0 aliphatic rings. The highest BCUT2D eigenvalue weighted by Crippen LogP contribution is 2.22. The van der Waals surface area contributed by atoms with Gasteiger partial charge in [0.2, 0.25) is 5.91 Å². The standard InChI is InChI=1S/C13H17Cl2NO2S/c1-9(2)6-16-13(17)8-19(18)7-10-3-4-11(14)5-12(10)15/h3-5,9H,6-8H2,1-2H3,(H,16,17)/t19-/m0/s1. The molecule has 0 bridgehead atoms. The van der Waals surface area contributed by atoms with Crippen LogP contribution in [0.25, 0.3) is 0 Å². The van der Waals surface area contributed by atoms with Gasteiger partial charge in [-0.3, -0.25) is 9.00 Å². The van der Waals surface area contributed by atoms with Gasteiger partial charge in [0.05, 0.1) is 5.75 Å². The third kappa shape index (κ3) is 6.41. The molecule has 1 amide bonds. The predicted molar refractivity (Wildman–Crippen MR) is 81.0 cm³/mol. The van der Waals surface area contributed by atoms with Crippen LogP contribution >= 0.6 is 23.2 Å². The Morgan fingerprint density at radius 2 is 2.05 bits per heavy atom. The molecule has 0 unspecified atom stereocenters. The van der Waals surface area contributed by atoms with Gasteiger partial charge in [-0.2, -0.15) is 0 Å². The highest BCUT2D eigenvalue weighted by Gasteiger charge is 2.11. The van der Waals surface area contributed by atoms with Crippen molar-refractivity contribution in [1.29, 1.82) is 0 Å². The normalized spacial score (nSPS) is 12.5. The van der Waals surface area contributed by atoms with Crippen molar-refractivity contribution in [3.63, 3.8) is 0 Å². The van der Waals surface area contributed by atoms with Gasteiger partial charge in [-0.05, 0) is 23.6 Å². The van der Waals surface area contributed by atoms with E-state index in [0.717, 1.165) is 5.56 Å². The summed E-state index contributed by atoms with van der Waals surface area (Å²) in [6, 6.07) is 5.03. The zero-order valence-electron chi connectivity index (χ0n) is 10.9. The van der Waals surface area contributed by atoms with Crippen LogP contribution in [0.15, 0.2) is 18.2 Å². The SMILES string of the molecule is CC(C)CNC(=O)C[S@@](=O)Cc1ccc(Cl)cc1Cl. The van der Waals surface area contributed by atoms with Crippen molar-refractivity contribution in [3.8, 4) is 0 Å². The molecule has 1 atom stereocenters. The number of benzene rings is 1. The van der Waals surface area contributed by atoms with Crippen LogP contribution in [-0.4, -0.2) is 22.4 Å². The van der Waals surface area contributed by atoms with Gasteiger partial charge in [-0.25, -0.2) is 0 Å². The van der Waals surface area contributed by atoms with Crippen LogP contribution in [0.1, 0.15) is 19.4 Å². The van der Waals surface area contributed by atoms with Crippen molar-refractivity contribution in [3.05, 3.63) is 33.8 Å². The fraction of sp³-hybridized carbons (Fsp3) is 0.462. The predicted octanol–water partition coefficient (Wildman–Crippen LogP) is 3.01. The van der Waals surface area contributed by atoms with E-state index in [9.17, 15) is 9.00 Å². The van der Waals surface area contributed by atoms with E-state index in [0.29, 0.717) is 22.5 Å². The lowest BCUT2D eigenvalue weighted by molar-refractivity contribution is -0.118. The monoisotopic (exact) mass is 321 g/mol. The van der Waals surface area contributed by atoms with E-state index in [1.807, 2.05) is 13.8 Å². The highest BCUT2D eigenvalue weighted by molar-refractivity contribution is 7.84. The Labute approximate surface area is 126 Å². The van der Waals surface area contributed by atoms with Gasteiger partial charge in [0.15, 0.2) is 0 Å². The largest absolute Gasteiger partial charge is 0.355 e. The van der Waals surface area contributed by atoms with E-state index in [2.05, 4.69) is 5.32 Å². The number of amides is 1. The van der Waals surface area contributed by atoms with Crippen LogP contribution in [0.5, 0.6) is 0 Å². The highest BCUT2D eigenvalue weighted by atomic mass is 35.5. The summed E-state index contributed by atoms with van der Waals surface area (Å²) in [7, 11) is -1.27. The third-order valence-electron chi connectivity index (χ3n) is 2.33. The quantitative estimate of drug-likeness (QED) is 0.875. The summed E-state index contributed by atoms with van der Waals surface area (Å²) < 4.78 is 11.9. The lowest BCUT2D eigenvalue weighted by Gasteiger charge is -2.08. The van der Waals surface area contributed by atoms with Crippen molar-refractivity contribution in [2.75, 3.05) is 12.3 Å². The van der Waals surface area contributed by atoms with Gasteiger partial charge >= 0.3 is 0 Å². The van der Waals surface area contributed by atoms with E-state index < -0.39 is 10.8 Å². The summed E-state index contributed by atoms with van der Waals surface area (Å²) in [6.07, 6.45) is 0. The minimum atomic E-state index is -1.27. The smallest absolute Gasteiger partial charge is 0.232 e. The first-order valence-corrected chi connectivity index (χ1v) is 8.18. The van der Waals surface area contributed by atoms with Gasteiger partial charge in [0.25, 0.3) is 0 Å². The fourth-order valence-corrected chi connectivity index (χ4v) is 3.03. The molecule has 0 saturated heterocycles. The van der Waals surface area contributed by atoms with Crippen LogP contribution in [0, 0.1) is 5.92 Å². The Hall–Kier alpha value is -0.580. The Kier molecular flexibility index (Phi) is 6.83. The maximum absolute atomic E-state index is 11.9. The lowest BCUT2D eigenvalue weighted by atomic mass is 10.2. The average molecular weight is 322 g/mol. The lowest BCUT2D eigenvalue weighted by Crippen LogP contribution is -2.31. The van der Waals surface area contributed by atoms with E-state index >= 15 is 0 Å². The molecular weight excluding hydrogens is 305 g/mol. The molecule has 0 heterocycles. The number of carbonyl (C=O) groups excluding carboxylic acids is 1. The molecule has 0 radical (unpaired) electrons. The molecule has 0 aromatic heterocycles. The van der Waals surface area contributed by atoms with E-state index in [-0.39, 0.29) is 17.4 Å². The summed E-state index contributed by atoms with van der Waals surface area (Å²) in [5.74, 6) is 0.428. The molecule has 0 saturated carbocycles. The maximum Gasteiger partial charge on any atom is 0.232 e. The zero-order chi connectivity index (χ0) is 14.4. The first-order valence-electron chi connectivity index (χ1n) is 5.94. The second-order valence-electron chi connectivity index (χ2n) is 4.66. The van der Waals surface area contributed by atoms with E-state index in [1.165, 1.54) is 0 Å². The maximum atomic E-state index is 11.9. The number of rotatable bonds is 6. The number of nitrogens with one attached hydrogen (secondary N) is 1. The Balaban J connectivity index is 2.49. The van der Waals surface area contributed by atoms with Gasteiger partial charge in [-0.1, -0.05) is 43.1 Å². The molecule has 1 aromatic carbocycles. The molecule has 0 spiro atoms. The van der Waals surface area contributed by atoms with Crippen LogP contribution in [0.2, 0.25) is 10.0 Å². The molecule has 0 aliphatic carbocycles. The van der Waals surface area contributed by atoms with Gasteiger partial charge < -0.3 is 5.32 Å². The summed E-state index contributed by atoms with van der Waals surface area (Å²) in [5, 5.41) is 3.75. The number of hydrogen-bond acceptors (Lipinski definition) is 2. The van der Waals surface area contributed by atoms with E-state index in [4.69, 9.17) is 23.2 Å². The number of halogens is 2. The fourth-order valence-electron chi connectivity index (χ4n) is 1.38. The zero-order valence-corrected chi connectivity index (χ0v) is 13.2. The molecule has 6 heteroatoms. The summed E-state index contributed by atoms with van der Waals surface area (Å²) in [4.78, 5) is 11.5. The van der Waals surface area contributed by atoms with Gasteiger partial charge in [0.1, 0.15) is 5.75 Å². The van der Waals surface area contributed by atoms with Crippen molar-refractivity contribution in [2.45, 2.75) is 19.6 Å². The van der Waals surface area contributed by atoms with Gasteiger partial charge in [0, 0.05) is 27.4 Å². The molecule has 106 valence electrons. The minimum Gasteiger partial charge on any atom is -0.355 e. The van der Waals surface area contributed by atoms with Crippen LogP contribution in [0.3, 0.4) is 0 Å². The third-order valence-corrected chi connectivity index (χ3v) is 4.14. The first kappa shape index (κ1) is 16.5. The Morgan fingerprint density at radius 3 is 2.63 bits per heavy atom. The Morgan fingerprint density at radius 1 is 1.37 bits per heavy atom. The van der Waals surface area contributed by atoms with Crippen molar-refractivity contribution >= 4 is 39.9 Å². The molecule has 0 aliphatic heterocycles. The Bertz CT molecular complexity index is 478. The van der Waals surface area contributed by atoms with Crippen LogP contribution in [-0.2, 0) is 21.3 Å².